The molecule has 1 fully saturated rings. The molecular weight excluding hydrogens is 306 g/mol. The number of amides is 2. The zero-order chi connectivity index (χ0) is 17.3. The molecular formula is C18H21N3O3. The summed E-state index contributed by atoms with van der Waals surface area (Å²) in [5.41, 5.74) is 5.93. The van der Waals surface area contributed by atoms with Crippen LogP contribution in [0.4, 0.5) is 0 Å². The van der Waals surface area contributed by atoms with Gasteiger partial charge in [0.1, 0.15) is 11.8 Å². The van der Waals surface area contributed by atoms with Crippen molar-refractivity contribution in [1.82, 2.24) is 5.32 Å². The van der Waals surface area contributed by atoms with Gasteiger partial charge in [-0.2, -0.15) is 0 Å². The molecule has 0 bridgehead atoms. The lowest BCUT2D eigenvalue weighted by molar-refractivity contribution is -0.126. The summed E-state index contributed by atoms with van der Waals surface area (Å²) in [4.78, 5) is 28.7. The van der Waals surface area contributed by atoms with Gasteiger partial charge in [-0.05, 0) is 30.4 Å². The number of rotatable bonds is 5. The van der Waals surface area contributed by atoms with Crippen LogP contribution in [0.3, 0.4) is 0 Å². The zero-order valence-corrected chi connectivity index (χ0v) is 13.5. The molecule has 126 valence electrons. The van der Waals surface area contributed by atoms with Crippen LogP contribution >= 0.6 is 0 Å². The highest BCUT2D eigenvalue weighted by molar-refractivity contribution is 6.39. The van der Waals surface area contributed by atoms with Crippen molar-refractivity contribution in [2.75, 3.05) is 7.05 Å². The van der Waals surface area contributed by atoms with E-state index in [1.54, 1.807) is 18.2 Å². The molecule has 1 saturated carbocycles. The number of aliphatic hydroxyl groups is 1. The van der Waals surface area contributed by atoms with Crippen LogP contribution in [0, 0.1) is 11.3 Å². The Morgan fingerprint density at radius 2 is 2.00 bits per heavy atom. The summed E-state index contributed by atoms with van der Waals surface area (Å²) in [7, 11) is 1.51. The fraction of sp³-hybridized carbons (Fsp3) is 0.389. The summed E-state index contributed by atoms with van der Waals surface area (Å²) in [6.45, 7) is 0. The molecule has 1 heterocycles. The highest BCUT2D eigenvalue weighted by atomic mass is 16.3. The number of hydrogen-bond donors (Lipinski definition) is 3. The lowest BCUT2D eigenvalue weighted by Gasteiger charge is -2.32. The first kappa shape index (κ1) is 16.4. The molecule has 1 aromatic rings. The van der Waals surface area contributed by atoms with Crippen LogP contribution in [0.1, 0.15) is 30.9 Å². The van der Waals surface area contributed by atoms with Gasteiger partial charge in [0.05, 0.1) is 11.1 Å². The van der Waals surface area contributed by atoms with E-state index in [1.807, 2.05) is 18.2 Å². The number of nitrogens with two attached hydrogens (primary N) is 1. The second kappa shape index (κ2) is 6.20. The maximum atomic E-state index is 12.2. The number of benzene rings is 1. The smallest absolute Gasteiger partial charge is 0.265 e. The van der Waals surface area contributed by atoms with Gasteiger partial charge in [-0.1, -0.05) is 30.3 Å². The van der Waals surface area contributed by atoms with Gasteiger partial charge in [-0.3, -0.25) is 9.59 Å². The van der Waals surface area contributed by atoms with Gasteiger partial charge < -0.3 is 16.2 Å². The second-order valence-electron chi connectivity index (χ2n) is 6.38. The lowest BCUT2D eigenvalue weighted by Crippen LogP contribution is -2.44. The first-order chi connectivity index (χ1) is 11.5. The second-order valence-corrected chi connectivity index (χ2v) is 6.38. The first-order valence-electron chi connectivity index (χ1n) is 8.03. The third kappa shape index (κ3) is 2.85. The Morgan fingerprint density at radius 3 is 2.54 bits per heavy atom. The molecule has 2 amide bonds. The quantitative estimate of drug-likeness (QED) is 0.753. The molecule has 0 spiro atoms. The minimum atomic E-state index is -1.01. The van der Waals surface area contributed by atoms with E-state index in [2.05, 4.69) is 10.3 Å². The predicted molar refractivity (Wildman–Crippen MR) is 90.0 cm³/mol. The number of carbonyl (C=O) groups excluding carboxylic acids is 2. The largest absolute Gasteiger partial charge is 0.382 e. The van der Waals surface area contributed by atoms with Crippen LogP contribution < -0.4 is 11.1 Å². The Bertz CT molecular complexity index is 722. The van der Waals surface area contributed by atoms with Crippen molar-refractivity contribution in [3.63, 3.8) is 0 Å². The Kier molecular flexibility index (Phi) is 4.24. The molecule has 2 unspecified atom stereocenters. The molecule has 0 aromatic heterocycles. The first-order valence-corrected chi connectivity index (χ1v) is 8.03. The summed E-state index contributed by atoms with van der Waals surface area (Å²) in [5.74, 6) is -0.727. The maximum absolute atomic E-state index is 12.2. The minimum absolute atomic E-state index is 0.100. The highest BCUT2D eigenvalue weighted by Crippen LogP contribution is 2.51. The monoisotopic (exact) mass is 327 g/mol. The standard InChI is InChI=1S/C18H21N3O3/c1-20-16(23)14-10-18(17(19)24,12-7-8-12)9-13(21-14)15(22)11-5-3-2-4-6-11/h2-6,9,12,15,22H,7-8,10H2,1H3,(H2,19,24)(H,20,23). The fourth-order valence-corrected chi connectivity index (χ4v) is 3.26. The number of nitrogens with zero attached hydrogens (tertiary/aromatic N) is 1. The summed E-state index contributed by atoms with van der Waals surface area (Å²) in [5, 5.41) is 13.2. The van der Waals surface area contributed by atoms with Crippen molar-refractivity contribution in [2.24, 2.45) is 22.1 Å². The van der Waals surface area contributed by atoms with E-state index >= 15 is 0 Å². The van der Waals surface area contributed by atoms with Crippen molar-refractivity contribution in [3.8, 4) is 0 Å². The van der Waals surface area contributed by atoms with E-state index < -0.39 is 17.4 Å². The van der Waals surface area contributed by atoms with Crippen molar-refractivity contribution in [1.29, 1.82) is 0 Å². The van der Waals surface area contributed by atoms with Crippen molar-refractivity contribution in [3.05, 3.63) is 47.7 Å². The van der Waals surface area contributed by atoms with Gasteiger partial charge in [0.25, 0.3) is 5.91 Å². The Labute approximate surface area is 140 Å². The molecule has 4 N–H and O–H groups in total. The molecule has 1 aliphatic heterocycles. The van der Waals surface area contributed by atoms with E-state index in [9.17, 15) is 14.7 Å². The van der Waals surface area contributed by atoms with E-state index in [4.69, 9.17) is 5.73 Å². The molecule has 6 nitrogen and oxygen atoms in total. The fourth-order valence-electron chi connectivity index (χ4n) is 3.26. The number of hydrogen-bond acceptors (Lipinski definition) is 4. The van der Waals surface area contributed by atoms with Crippen molar-refractivity contribution >= 4 is 17.5 Å². The lowest BCUT2D eigenvalue weighted by atomic mass is 9.74. The van der Waals surface area contributed by atoms with Crippen LogP contribution in [0.5, 0.6) is 0 Å². The summed E-state index contributed by atoms with van der Waals surface area (Å²) < 4.78 is 0. The molecule has 2 aliphatic rings. The van der Waals surface area contributed by atoms with Gasteiger partial charge in [-0.25, -0.2) is 4.99 Å². The van der Waals surface area contributed by atoms with Gasteiger partial charge in [0, 0.05) is 13.5 Å². The molecule has 2 atom stereocenters. The number of primary amides is 1. The number of aliphatic hydroxyl groups excluding tert-OH is 1. The van der Waals surface area contributed by atoms with Crippen LogP contribution in [-0.2, 0) is 9.59 Å². The van der Waals surface area contributed by atoms with Crippen molar-refractivity contribution in [2.45, 2.75) is 25.4 Å². The SMILES string of the molecule is CNC(=O)C1=NC(C(O)c2ccccc2)=CC(C(N)=O)(C2CC2)C1. The van der Waals surface area contributed by atoms with Gasteiger partial charge in [0.15, 0.2) is 0 Å². The minimum Gasteiger partial charge on any atom is -0.382 e. The van der Waals surface area contributed by atoms with Crippen molar-refractivity contribution < 1.29 is 14.7 Å². The molecule has 24 heavy (non-hydrogen) atoms. The van der Waals surface area contributed by atoms with Gasteiger partial charge >= 0.3 is 0 Å². The Balaban J connectivity index is 2.06. The van der Waals surface area contributed by atoms with E-state index in [0.29, 0.717) is 11.3 Å². The van der Waals surface area contributed by atoms with Gasteiger partial charge in [0.2, 0.25) is 5.91 Å². The maximum Gasteiger partial charge on any atom is 0.265 e. The van der Waals surface area contributed by atoms with Crippen LogP contribution in [0.2, 0.25) is 0 Å². The molecule has 3 rings (SSSR count). The topological polar surface area (TPSA) is 105 Å². The average molecular weight is 327 g/mol. The molecule has 1 aromatic carbocycles. The van der Waals surface area contributed by atoms with Crippen LogP contribution in [0.25, 0.3) is 0 Å². The third-order valence-electron chi connectivity index (χ3n) is 4.78. The molecule has 1 aliphatic carbocycles. The summed E-state index contributed by atoms with van der Waals surface area (Å²) in [6, 6.07) is 9.03. The van der Waals surface area contributed by atoms with Gasteiger partial charge in [-0.15, -0.1) is 0 Å². The van der Waals surface area contributed by atoms with Crippen LogP contribution in [0.15, 0.2) is 47.1 Å². The third-order valence-corrected chi connectivity index (χ3v) is 4.78. The van der Waals surface area contributed by atoms with E-state index in [-0.39, 0.29) is 24.0 Å². The normalized spacial score (nSPS) is 24.6. The average Bonchev–Trinajstić information content (AvgIpc) is 3.46. The highest BCUT2D eigenvalue weighted by Gasteiger charge is 2.51. The van der Waals surface area contributed by atoms with Crippen LogP contribution in [-0.4, -0.2) is 29.7 Å². The Hall–Kier alpha value is -2.47. The van der Waals surface area contributed by atoms with E-state index in [1.165, 1.54) is 7.05 Å². The molecule has 0 saturated heterocycles. The number of carbonyl (C=O) groups is 2. The summed E-state index contributed by atoms with van der Waals surface area (Å²) >= 11 is 0. The summed E-state index contributed by atoms with van der Waals surface area (Å²) in [6.07, 6.45) is 2.61. The molecule has 0 radical (unpaired) electrons. The number of nitrogens with one attached hydrogen (secondary N) is 1. The van der Waals surface area contributed by atoms with E-state index in [0.717, 1.165) is 12.8 Å². The molecule has 6 heteroatoms. The number of aliphatic imine (C=N–C) groups is 1. The zero-order valence-electron chi connectivity index (χ0n) is 13.5. The Morgan fingerprint density at radius 1 is 1.33 bits per heavy atom. The predicted octanol–water partition coefficient (Wildman–Crippen LogP) is 1.08.